The van der Waals surface area contributed by atoms with Gasteiger partial charge in [0.2, 0.25) is 0 Å². The van der Waals surface area contributed by atoms with Gasteiger partial charge >= 0.3 is 5.97 Å². The van der Waals surface area contributed by atoms with E-state index in [-0.39, 0.29) is 12.0 Å². The number of carboxylic acid groups (broad SMARTS) is 1. The van der Waals surface area contributed by atoms with Crippen LogP contribution in [-0.2, 0) is 4.79 Å². The van der Waals surface area contributed by atoms with Gasteiger partial charge in [0.05, 0.1) is 0 Å². The lowest BCUT2D eigenvalue weighted by Gasteiger charge is -2.30. The van der Waals surface area contributed by atoms with Crippen LogP contribution in [0.3, 0.4) is 0 Å². The monoisotopic (exact) mass is 261 g/mol. The van der Waals surface area contributed by atoms with Gasteiger partial charge in [0.25, 0.3) is 0 Å². The highest BCUT2D eigenvalue weighted by molar-refractivity contribution is 5.74. The lowest BCUT2D eigenvalue weighted by Crippen LogP contribution is -2.44. The van der Waals surface area contributed by atoms with E-state index in [1.54, 1.807) is 0 Å². The van der Waals surface area contributed by atoms with E-state index in [1.165, 1.54) is 6.42 Å². The third kappa shape index (κ3) is 3.80. The van der Waals surface area contributed by atoms with E-state index in [9.17, 15) is 9.90 Å². The van der Waals surface area contributed by atoms with Crippen molar-refractivity contribution in [1.29, 1.82) is 0 Å². The predicted molar refractivity (Wildman–Crippen MR) is 76.0 cm³/mol. The molecule has 104 valence electrons. The molecule has 0 radical (unpaired) electrons. The standard InChI is InChI=1S/C16H23NO2/c1-12(13-8-4-2-5-9-13)17-15(16(18)19)14-10-6-3-7-11-14/h2,4-5,8-9,12,14-15,17H,3,6-7,10-11H2,1H3,(H,18,19)/t12-,15-/m0/s1. The summed E-state index contributed by atoms with van der Waals surface area (Å²) in [6, 6.07) is 9.69. The van der Waals surface area contributed by atoms with Crippen molar-refractivity contribution in [3.63, 3.8) is 0 Å². The van der Waals surface area contributed by atoms with Crippen LogP contribution in [0.5, 0.6) is 0 Å². The van der Waals surface area contributed by atoms with Crippen molar-refractivity contribution in [1.82, 2.24) is 5.32 Å². The fourth-order valence-electron chi connectivity index (χ4n) is 2.98. The van der Waals surface area contributed by atoms with Gasteiger partial charge in [-0.15, -0.1) is 0 Å². The van der Waals surface area contributed by atoms with Gasteiger partial charge in [-0.2, -0.15) is 0 Å². The van der Waals surface area contributed by atoms with Crippen molar-refractivity contribution in [2.24, 2.45) is 5.92 Å². The second-order valence-corrected chi connectivity index (χ2v) is 5.51. The molecular weight excluding hydrogens is 238 g/mol. The molecule has 0 saturated heterocycles. The molecule has 1 saturated carbocycles. The molecule has 2 rings (SSSR count). The normalized spacial score (nSPS) is 19.8. The molecule has 3 heteroatoms. The number of aliphatic carboxylic acids is 1. The summed E-state index contributed by atoms with van der Waals surface area (Å²) in [5, 5.41) is 12.8. The topological polar surface area (TPSA) is 49.3 Å². The minimum atomic E-state index is -0.713. The summed E-state index contributed by atoms with van der Waals surface area (Å²) in [5.41, 5.74) is 1.14. The zero-order chi connectivity index (χ0) is 13.7. The molecule has 1 aliphatic carbocycles. The summed E-state index contributed by atoms with van der Waals surface area (Å²) in [5.74, 6) is -0.438. The highest BCUT2D eigenvalue weighted by Crippen LogP contribution is 2.28. The number of carboxylic acids is 1. The molecule has 3 nitrogen and oxygen atoms in total. The van der Waals surface area contributed by atoms with Crippen LogP contribution in [0.25, 0.3) is 0 Å². The van der Waals surface area contributed by atoms with Gasteiger partial charge in [-0.3, -0.25) is 10.1 Å². The second-order valence-electron chi connectivity index (χ2n) is 5.51. The SMILES string of the molecule is C[C@H](N[C@H](C(=O)O)C1CCCCC1)c1ccccc1. The maximum atomic E-state index is 11.5. The van der Waals surface area contributed by atoms with Crippen LogP contribution in [0.1, 0.15) is 50.6 Å². The Morgan fingerprint density at radius 1 is 1.21 bits per heavy atom. The lowest BCUT2D eigenvalue weighted by atomic mass is 9.83. The Kier molecular flexibility index (Phi) is 4.97. The van der Waals surface area contributed by atoms with E-state index in [0.29, 0.717) is 0 Å². The van der Waals surface area contributed by atoms with Crippen LogP contribution in [0.2, 0.25) is 0 Å². The van der Waals surface area contributed by atoms with E-state index in [0.717, 1.165) is 31.2 Å². The summed E-state index contributed by atoms with van der Waals surface area (Å²) < 4.78 is 0. The van der Waals surface area contributed by atoms with Crippen molar-refractivity contribution in [2.45, 2.75) is 51.1 Å². The Morgan fingerprint density at radius 2 is 1.84 bits per heavy atom. The van der Waals surface area contributed by atoms with E-state index < -0.39 is 12.0 Å². The van der Waals surface area contributed by atoms with Crippen LogP contribution >= 0.6 is 0 Å². The molecule has 2 atom stereocenters. The Bertz CT molecular complexity index is 398. The second kappa shape index (κ2) is 6.71. The third-order valence-corrected chi connectivity index (χ3v) is 4.12. The van der Waals surface area contributed by atoms with E-state index in [4.69, 9.17) is 0 Å². The zero-order valence-corrected chi connectivity index (χ0v) is 11.5. The van der Waals surface area contributed by atoms with E-state index >= 15 is 0 Å². The van der Waals surface area contributed by atoms with Crippen LogP contribution < -0.4 is 5.32 Å². The van der Waals surface area contributed by atoms with Gasteiger partial charge < -0.3 is 5.11 Å². The molecular formula is C16H23NO2. The molecule has 0 spiro atoms. The molecule has 1 aliphatic rings. The molecule has 0 amide bonds. The van der Waals surface area contributed by atoms with E-state index in [1.807, 2.05) is 37.3 Å². The van der Waals surface area contributed by atoms with Crippen molar-refractivity contribution in [2.75, 3.05) is 0 Å². The minimum Gasteiger partial charge on any atom is -0.480 e. The summed E-state index contributed by atoms with van der Waals surface area (Å²) in [7, 11) is 0. The molecule has 0 aromatic heterocycles. The van der Waals surface area contributed by atoms with Crippen LogP contribution in [0.15, 0.2) is 30.3 Å². The fraction of sp³-hybridized carbons (Fsp3) is 0.562. The largest absolute Gasteiger partial charge is 0.480 e. The first-order valence-corrected chi connectivity index (χ1v) is 7.22. The molecule has 0 bridgehead atoms. The quantitative estimate of drug-likeness (QED) is 0.854. The van der Waals surface area contributed by atoms with Crippen LogP contribution in [-0.4, -0.2) is 17.1 Å². The Labute approximate surface area is 115 Å². The van der Waals surface area contributed by atoms with Crippen molar-refractivity contribution in [3.8, 4) is 0 Å². The number of hydrogen-bond acceptors (Lipinski definition) is 2. The van der Waals surface area contributed by atoms with Gasteiger partial charge in [0.15, 0.2) is 0 Å². The zero-order valence-electron chi connectivity index (χ0n) is 11.5. The van der Waals surface area contributed by atoms with Crippen molar-refractivity contribution >= 4 is 5.97 Å². The fourth-order valence-corrected chi connectivity index (χ4v) is 2.98. The van der Waals surface area contributed by atoms with Gasteiger partial charge in [-0.25, -0.2) is 0 Å². The Hall–Kier alpha value is -1.35. The molecule has 19 heavy (non-hydrogen) atoms. The Balaban J connectivity index is 2.02. The molecule has 0 heterocycles. The summed E-state index contributed by atoms with van der Waals surface area (Å²) in [4.78, 5) is 11.5. The smallest absolute Gasteiger partial charge is 0.320 e. The number of benzene rings is 1. The average Bonchev–Trinajstić information content (AvgIpc) is 2.46. The number of rotatable bonds is 5. The van der Waals surface area contributed by atoms with Gasteiger partial charge in [-0.05, 0) is 31.2 Å². The summed E-state index contributed by atoms with van der Waals surface area (Å²) >= 11 is 0. The van der Waals surface area contributed by atoms with Gasteiger partial charge in [-0.1, -0.05) is 49.6 Å². The third-order valence-electron chi connectivity index (χ3n) is 4.12. The maximum absolute atomic E-state index is 11.5. The first kappa shape index (κ1) is 14.1. The Morgan fingerprint density at radius 3 is 2.42 bits per heavy atom. The molecule has 1 aromatic carbocycles. The van der Waals surface area contributed by atoms with Crippen LogP contribution in [0, 0.1) is 5.92 Å². The predicted octanol–water partition coefficient (Wildman–Crippen LogP) is 3.37. The highest BCUT2D eigenvalue weighted by Gasteiger charge is 2.30. The maximum Gasteiger partial charge on any atom is 0.320 e. The summed E-state index contributed by atoms with van der Waals surface area (Å²) in [6.45, 7) is 2.04. The van der Waals surface area contributed by atoms with Crippen molar-refractivity contribution in [3.05, 3.63) is 35.9 Å². The first-order valence-electron chi connectivity index (χ1n) is 7.22. The first-order chi connectivity index (χ1) is 9.18. The number of nitrogens with one attached hydrogen (secondary N) is 1. The summed E-state index contributed by atoms with van der Waals surface area (Å²) in [6.07, 6.45) is 5.64. The number of hydrogen-bond donors (Lipinski definition) is 2. The molecule has 0 unspecified atom stereocenters. The van der Waals surface area contributed by atoms with E-state index in [2.05, 4.69) is 5.32 Å². The van der Waals surface area contributed by atoms with Gasteiger partial charge in [0, 0.05) is 6.04 Å². The minimum absolute atomic E-state index is 0.0734. The molecule has 0 aliphatic heterocycles. The average molecular weight is 261 g/mol. The highest BCUT2D eigenvalue weighted by atomic mass is 16.4. The number of carbonyl (C=O) groups is 1. The van der Waals surface area contributed by atoms with Gasteiger partial charge in [0.1, 0.15) is 6.04 Å². The molecule has 1 aromatic rings. The van der Waals surface area contributed by atoms with Crippen molar-refractivity contribution < 1.29 is 9.90 Å². The lowest BCUT2D eigenvalue weighted by molar-refractivity contribution is -0.141. The molecule has 1 fully saturated rings. The molecule has 2 N–H and O–H groups in total. The van der Waals surface area contributed by atoms with Crippen LogP contribution in [0.4, 0.5) is 0 Å².